The molecule has 1 aliphatic carbocycles. The molecular weight excluding hydrogens is 168 g/mol. The topological polar surface area (TPSA) is 46.5 Å². The standard InChI is InChI=1S/C10H18O3/c1-10(2)5-3-4-8(6-10)13-9(12)7-11/h8,11H,3-7H2,1-2H3. The fraction of sp³-hybridized carbons (Fsp3) is 0.900. The van der Waals surface area contributed by atoms with Gasteiger partial charge in [0.15, 0.2) is 0 Å². The lowest BCUT2D eigenvalue weighted by molar-refractivity contribution is -0.155. The van der Waals surface area contributed by atoms with Crippen LogP contribution < -0.4 is 0 Å². The number of esters is 1. The highest BCUT2D eigenvalue weighted by atomic mass is 16.6. The summed E-state index contributed by atoms with van der Waals surface area (Å²) < 4.78 is 5.09. The second kappa shape index (κ2) is 4.09. The fourth-order valence-corrected chi connectivity index (χ4v) is 1.95. The first kappa shape index (κ1) is 10.5. The van der Waals surface area contributed by atoms with Crippen molar-refractivity contribution in [2.45, 2.75) is 45.6 Å². The van der Waals surface area contributed by atoms with Crippen LogP contribution >= 0.6 is 0 Å². The van der Waals surface area contributed by atoms with E-state index in [1.165, 1.54) is 6.42 Å². The molecule has 0 spiro atoms. The van der Waals surface area contributed by atoms with Crippen LogP contribution in [0.4, 0.5) is 0 Å². The monoisotopic (exact) mass is 186 g/mol. The van der Waals surface area contributed by atoms with E-state index < -0.39 is 12.6 Å². The lowest BCUT2D eigenvalue weighted by Gasteiger charge is -2.34. The molecule has 13 heavy (non-hydrogen) atoms. The molecule has 0 bridgehead atoms. The molecule has 0 aromatic heterocycles. The van der Waals surface area contributed by atoms with Crippen molar-refractivity contribution in [1.29, 1.82) is 0 Å². The van der Waals surface area contributed by atoms with Gasteiger partial charge in [0.05, 0.1) is 0 Å². The van der Waals surface area contributed by atoms with Crippen LogP contribution in [0.2, 0.25) is 0 Å². The molecule has 1 N–H and O–H groups in total. The van der Waals surface area contributed by atoms with Crippen LogP contribution in [0.25, 0.3) is 0 Å². The number of rotatable bonds is 2. The van der Waals surface area contributed by atoms with Crippen LogP contribution in [0.3, 0.4) is 0 Å². The lowest BCUT2D eigenvalue weighted by Crippen LogP contribution is -2.30. The van der Waals surface area contributed by atoms with E-state index in [0.29, 0.717) is 0 Å². The van der Waals surface area contributed by atoms with Gasteiger partial charge < -0.3 is 9.84 Å². The minimum atomic E-state index is -0.503. The van der Waals surface area contributed by atoms with E-state index in [1.54, 1.807) is 0 Å². The number of hydrogen-bond acceptors (Lipinski definition) is 3. The van der Waals surface area contributed by atoms with Gasteiger partial charge in [-0.25, -0.2) is 4.79 Å². The van der Waals surface area contributed by atoms with Crippen molar-refractivity contribution in [3.05, 3.63) is 0 Å². The summed E-state index contributed by atoms with van der Waals surface area (Å²) >= 11 is 0. The number of ether oxygens (including phenoxy) is 1. The van der Waals surface area contributed by atoms with Crippen molar-refractivity contribution in [2.75, 3.05) is 6.61 Å². The van der Waals surface area contributed by atoms with Crippen molar-refractivity contribution < 1.29 is 14.6 Å². The van der Waals surface area contributed by atoms with Gasteiger partial charge in [0.1, 0.15) is 12.7 Å². The average molecular weight is 186 g/mol. The molecule has 0 radical (unpaired) electrons. The van der Waals surface area contributed by atoms with E-state index >= 15 is 0 Å². The Morgan fingerprint density at radius 1 is 1.62 bits per heavy atom. The molecule has 1 atom stereocenters. The molecule has 0 saturated heterocycles. The first-order valence-electron chi connectivity index (χ1n) is 4.84. The molecule has 1 aliphatic rings. The Balaban J connectivity index is 2.39. The molecule has 0 heterocycles. The van der Waals surface area contributed by atoms with Crippen LogP contribution in [0.1, 0.15) is 39.5 Å². The van der Waals surface area contributed by atoms with E-state index in [9.17, 15) is 4.79 Å². The van der Waals surface area contributed by atoms with Crippen molar-refractivity contribution >= 4 is 5.97 Å². The summed E-state index contributed by atoms with van der Waals surface area (Å²) in [5.41, 5.74) is 0.276. The smallest absolute Gasteiger partial charge is 0.332 e. The molecule has 3 heteroatoms. The van der Waals surface area contributed by atoms with Crippen molar-refractivity contribution in [3.63, 3.8) is 0 Å². The minimum Gasteiger partial charge on any atom is -0.461 e. The predicted molar refractivity (Wildman–Crippen MR) is 49.2 cm³/mol. The number of aliphatic hydroxyl groups is 1. The first-order valence-corrected chi connectivity index (χ1v) is 4.84. The molecular formula is C10H18O3. The Labute approximate surface area is 79.1 Å². The highest BCUT2D eigenvalue weighted by Crippen LogP contribution is 2.36. The zero-order chi connectivity index (χ0) is 9.90. The van der Waals surface area contributed by atoms with Gasteiger partial charge in [-0.1, -0.05) is 13.8 Å². The summed E-state index contributed by atoms with van der Waals surface area (Å²) in [7, 11) is 0. The van der Waals surface area contributed by atoms with Crippen LogP contribution in [0.5, 0.6) is 0 Å². The lowest BCUT2D eigenvalue weighted by atomic mass is 9.76. The molecule has 76 valence electrons. The van der Waals surface area contributed by atoms with Crippen molar-refractivity contribution in [1.82, 2.24) is 0 Å². The predicted octanol–water partition coefficient (Wildman–Crippen LogP) is 1.49. The summed E-state index contributed by atoms with van der Waals surface area (Å²) in [6.45, 7) is 3.87. The highest BCUT2D eigenvalue weighted by Gasteiger charge is 2.29. The van der Waals surface area contributed by atoms with Crippen molar-refractivity contribution in [3.8, 4) is 0 Å². The molecule has 0 aromatic rings. The zero-order valence-electron chi connectivity index (χ0n) is 8.38. The van der Waals surface area contributed by atoms with Gasteiger partial charge in [0.25, 0.3) is 0 Å². The van der Waals surface area contributed by atoms with E-state index in [2.05, 4.69) is 13.8 Å². The quantitative estimate of drug-likeness (QED) is 0.665. The minimum absolute atomic E-state index is 0.0170. The molecule has 0 aliphatic heterocycles. The number of aliphatic hydroxyl groups excluding tert-OH is 1. The Hall–Kier alpha value is -0.570. The molecule has 1 saturated carbocycles. The first-order chi connectivity index (χ1) is 6.03. The number of carbonyl (C=O) groups excluding carboxylic acids is 1. The molecule has 1 rings (SSSR count). The van der Waals surface area contributed by atoms with Gasteiger partial charge in [-0.2, -0.15) is 0 Å². The van der Waals surface area contributed by atoms with E-state index in [4.69, 9.17) is 9.84 Å². The van der Waals surface area contributed by atoms with E-state index in [0.717, 1.165) is 19.3 Å². The summed E-state index contributed by atoms with van der Waals surface area (Å²) in [6.07, 6.45) is 4.17. The van der Waals surface area contributed by atoms with Gasteiger partial charge in [-0.05, 0) is 31.1 Å². The Bertz CT molecular complexity index is 187. The Morgan fingerprint density at radius 2 is 2.31 bits per heavy atom. The van der Waals surface area contributed by atoms with Gasteiger partial charge >= 0.3 is 5.97 Å². The average Bonchev–Trinajstić information content (AvgIpc) is 2.02. The van der Waals surface area contributed by atoms with Crippen molar-refractivity contribution in [2.24, 2.45) is 5.41 Å². The molecule has 3 nitrogen and oxygen atoms in total. The summed E-state index contributed by atoms with van der Waals surface area (Å²) in [5.74, 6) is -0.497. The summed E-state index contributed by atoms with van der Waals surface area (Å²) in [6, 6.07) is 0. The maximum absolute atomic E-state index is 10.8. The van der Waals surface area contributed by atoms with Crippen LogP contribution in [0.15, 0.2) is 0 Å². The third-order valence-electron chi connectivity index (χ3n) is 2.59. The number of carbonyl (C=O) groups is 1. The summed E-state index contributed by atoms with van der Waals surface area (Å²) in [4.78, 5) is 10.8. The number of hydrogen-bond donors (Lipinski definition) is 1. The summed E-state index contributed by atoms with van der Waals surface area (Å²) in [5, 5.41) is 8.52. The fourth-order valence-electron chi connectivity index (χ4n) is 1.95. The largest absolute Gasteiger partial charge is 0.461 e. The Kier molecular flexibility index (Phi) is 3.31. The van der Waals surface area contributed by atoms with Crippen LogP contribution in [-0.2, 0) is 9.53 Å². The third kappa shape index (κ3) is 3.35. The van der Waals surface area contributed by atoms with Crippen LogP contribution in [0, 0.1) is 5.41 Å². The molecule has 1 unspecified atom stereocenters. The van der Waals surface area contributed by atoms with Gasteiger partial charge in [-0.15, -0.1) is 0 Å². The van der Waals surface area contributed by atoms with E-state index in [1.807, 2.05) is 0 Å². The Morgan fingerprint density at radius 3 is 2.85 bits per heavy atom. The second-order valence-corrected chi connectivity index (χ2v) is 4.53. The van der Waals surface area contributed by atoms with Gasteiger partial charge in [-0.3, -0.25) is 0 Å². The normalized spacial score (nSPS) is 26.8. The molecule has 1 fully saturated rings. The van der Waals surface area contributed by atoms with Gasteiger partial charge in [0.2, 0.25) is 0 Å². The molecule has 0 amide bonds. The maximum Gasteiger partial charge on any atom is 0.332 e. The zero-order valence-corrected chi connectivity index (χ0v) is 8.38. The highest BCUT2D eigenvalue weighted by molar-refractivity contribution is 5.70. The third-order valence-corrected chi connectivity index (χ3v) is 2.59. The second-order valence-electron chi connectivity index (χ2n) is 4.53. The van der Waals surface area contributed by atoms with E-state index in [-0.39, 0.29) is 11.5 Å². The van der Waals surface area contributed by atoms with Crippen LogP contribution in [-0.4, -0.2) is 23.8 Å². The molecule has 0 aromatic carbocycles. The van der Waals surface area contributed by atoms with Gasteiger partial charge in [0, 0.05) is 0 Å². The SMILES string of the molecule is CC1(C)CCCC(OC(=O)CO)C1. The maximum atomic E-state index is 10.8.